The summed E-state index contributed by atoms with van der Waals surface area (Å²) >= 11 is 5.93. The molecule has 34 heavy (non-hydrogen) atoms. The minimum Gasteiger partial charge on any atom is -0.340 e. The highest BCUT2D eigenvalue weighted by Gasteiger charge is 2.35. The molecule has 0 spiro atoms. The van der Waals surface area contributed by atoms with Gasteiger partial charge < -0.3 is 15.5 Å². The van der Waals surface area contributed by atoms with Crippen LogP contribution in [0.5, 0.6) is 0 Å². The lowest BCUT2D eigenvalue weighted by Gasteiger charge is -2.17. The molecule has 2 amide bonds. The fourth-order valence-electron chi connectivity index (χ4n) is 3.73. The molecule has 0 radical (unpaired) electrons. The molecule has 170 valence electrons. The van der Waals surface area contributed by atoms with E-state index in [0.717, 1.165) is 11.4 Å². The standard InChI is InChI=1S/C24H20ClN7O2/c25-17-1-7-20(8-2-17)32-13-16(11-23(32)33)24(34)30-19-5-3-18(4-6-19)29-21-12-22(28-14-27-21)31-10-9-26-15-31/h1-10,12,14-16H,11,13H2,(H,30,34)(H,27,28,29)/t16-/m0/s1. The summed E-state index contributed by atoms with van der Waals surface area (Å²) in [5.41, 5.74) is 2.19. The van der Waals surface area contributed by atoms with E-state index in [1.54, 1.807) is 70.7 Å². The largest absolute Gasteiger partial charge is 0.340 e. The van der Waals surface area contributed by atoms with E-state index in [4.69, 9.17) is 11.6 Å². The zero-order valence-electron chi connectivity index (χ0n) is 17.9. The van der Waals surface area contributed by atoms with Crippen LogP contribution in [0, 0.1) is 5.92 Å². The predicted molar refractivity (Wildman–Crippen MR) is 129 cm³/mol. The van der Waals surface area contributed by atoms with Gasteiger partial charge in [-0.25, -0.2) is 15.0 Å². The first kappa shape index (κ1) is 21.6. The van der Waals surface area contributed by atoms with Gasteiger partial charge in [-0.2, -0.15) is 0 Å². The minimum atomic E-state index is -0.427. The lowest BCUT2D eigenvalue weighted by atomic mass is 10.1. The van der Waals surface area contributed by atoms with Crippen LogP contribution in [0.3, 0.4) is 0 Å². The van der Waals surface area contributed by atoms with E-state index in [2.05, 4.69) is 25.6 Å². The second kappa shape index (κ2) is 9.32. The Morgan fingerprint density at radius 3 is 2.53 bits per heavy atom. The third-order valence-electron chi connectivity index (χ3n) is 5.48. The Morgan fingerprint density at radius 1 is 1.03 bits per heavy atom. The topological polar surface area (TPSA) is 105 Å². The third-order valence-corrected chi connectivity index (χ3v) is 5.73. The van der Waals surface area contributed by atoms with Crippen LogP contribution in [0.2, 0.25) is 5.02 Å². The number of amides is 2. The maximum Gasteiger partial charge on any atom is 0.229 e. The average molecular weight is 474 g/mol. The van der Waals surface area contributed by atoms with Gasteiger partial charge in [0.2, 0.25) is 11.8 Å². The third kappa shape index (κ3) is 4.74. The molecule has 3 heterocycles. The number of anilines is 4. The van der Waals surface area contributed by atoms with Gasteiger partial charge in [0.25, 0.3) is 0 Å². The van der Waals surface area contributed by atoms with Gasteiger partial charge in [-0.05, 0) is 48.5 Å². The summed E-state index contributed by atoms with van der Waals surface area (Å²) < 4.78 is 1.79. The Bertz CT molecular complexity index is 1310. The van der Waals surface area contributed by atoms with Gasteiger partial charge in [-0.1, -0.05) is 11.6 Å². The second-order valence-electron chi connectivity index (χ2n) is 7.80. The maximum absolute atomic E-state index is 12.8. The molecule has 2 N–H and O–H groups in total. The van der Waals surface area contributed by atoms with E-state index in [0.29, 0.717) is 28.9 Å². The van der Waals surface area contributed by atoms with Gasteiger partial charge >= 0.3 is 0 Å². The van der Waals surface area contributed by atoms with Crippen molar-refractivity contribution in [3.8, 4) is 5.82 Å². The fourth-order valence-corrected chi connectivity index (χ4v) is 3.86. The molecule has 1 atom stereocenters. The molecule has 4 aromatic rings. The molecule has 9 nitrogen and oxygen atoms in total. The summed E-state index contributed by atoms with van der Waals surface area (Å²) in [5, 5.41) is 6.72. The van der Waals surface area contributed by atoms with E-state index in [1.165, 1.54) is 6.33 Å². The SMILES string of the molecule is O=C(Nc1ccc(Nc2cc(-n3ccnc3)ncn2)cc1)[C@H]1CC(=O)N(c2ccc(Cl)cc2)C1. The van der Waals surface area contributed by atoms with Gasteiger partial charge in [0, 0.05) is 53.5 Å². The number of halogens is 1. The van der Waals surface area contributed by atoms with Crippen molar-refractivity contribution < 1.29 is 9.59 Å². The summed E-state index contributed by atoms with van der Waals surface area (Å²) in [7, 11) is 0. The summed E-state index contributed by atoms with van der Waals surface area (Å²) in [6.45, 7) is 0.332. The van der Waals surface area contributed by atoms with Crippen LogP contribution in [0.1, 0.15) is 6.42 Å². The smallest absolute Gasteiger partial charge is 0.229 e. The van der Waals surface area contributed by atoms with Crippen molar-refractivity contribution in [1.82, 2.24) is 19.5 Å². The van der Waals surface area contributed by atoms with Crippen LogP contribution < -0.4 is 15.5 Å². The summed E-state index contributed by atoms with van der Waals surface area (Å²) in [6, 6.07) is 16.1. The Hall–Kier alpha value is -4.24. The molecule has 2 aromatic heterocycles. The molecule has 0 unspecified atom stereocenters. The quantitative estimate of drug-likeness (QED) is 0.437. The molecule has 1 aliphatic rings. The average Bonchev–Trinajstić information content (AvgIpc) is 3.52. The first-order chi connectivity index (χ1) is 16.5. The Balaban J connectivity index is 1.20. The molecule has 1 aliphatic heterocycles. The number of hydrogen-bond acceptors (Lipinski definition) is 6. The van der Waals surface area contributed by atoms with Crippen LogP contribution in [0.15, 0.2) is 79.6 Å². The highest BCUT2D eigenvalue weighted by Crippen LogP contribution is 2.27. The van der Waals surface area contributed by atoms with Crippen LogP contribution in [0.4, 0.5) is 22.9 Å². The number of benzene rings is 2. The first-order valence-electron chi connectivity index (χ1n) is 10.6. The molecule has 1 saturated heterocycles. The highest BCUT2D eigenvalue weighted by molar-refractivity contribution is 6.30. The number of nitrogens with one attached hydrogen (secondary N) is 2. The Kier molecular flexibility index (Phi) is 5.92. The van der Waals surface area contributed by atoms with E-state index in [1.807, 2.05) is 12.1 Å². The molecule has 0 aliphatic carbocycles. The number of carbonyl (C=O) groups is 2. The van der Waals surface area contributed by atoms with Crippen LogP contribution >= 0.6 is 11.6 Å². The maximum atomic E-state index is 12.8. The molecular weight excluding hydrogens is 454 g/mol. The lowest BCUT2D eigenvalue weighted by Crippen LogP contribution is -2.28. The van der Waals surface area contributed by atoms with Gasteiger partial charge in [0.1, 0.15) is 24.3 Å². The van der Waals surface area contributed by atoms with Crippen molar-refractivity contribution in [3.05, 3.63) is 84.7 Å². The van der Waals surface area contributed by atoms with Crippen LogP contribution in [-0.2, 0) is 9.59 Å². The molecule has 5 rings (SSSR count). The Morgan fingerprint density at radius 2 is 1.79 bits per heavy atom. The number of aromatic nitrogens is 4. The molecule has 2 aromatic carbocycles. The fraction of sp³-hybridized carbons (Fsp3) is 0.125. The van der Waals surface area contributed by atoms with Gasteiger partial charge in [0.05, 0.1) is 5.92 Å². The van der Waals surface area contributed by atoms with E-state index < -0.39 is 5.92 Å². The highest BCUT2D eigenvalue weighted by atomic mass is 35.5. The van der Waals surface area contributed by atoms with Crippen molar-refractivity contribution in [3.63, 3.8) is 0 Å². The van der Waals surface area contributed by atoms with Crippen LogP contribution in [0.25, 0.3) is 5.82 Å². The number of carbonyl (C=O) groups excluding carboxylic acids is 2. The number of hydrogen-bond donors (Lipinski definition) is 2. The first-order valence-corrected chi connectivity index (χ1v) is 11.0. The van der Waals surface area contributed by atoms with E-state index in [-0.39, 0.29) is 18.2 Å². The summed E-state index contributed by atoms with van der Waals surface area (Å²) in [4.78, 5) is 39.3. The molecular formula is C24H20ClN7O2. The summed E-state index contributed by atoms with van der Waals surface area (Å²) in [6.07, 6.45) is 6.79. The van der Waals surface area contributed by atoms with Gasteiger partial charge in [-0.3, -0.25) is 14.2 Å². The Labute approximate surface area is 200 Å². The summed E-state index contributed by atoms with van der Waals surface area (Å²) in [5.74, 6) is 0.622. The number of imidazole rings is 1. The van der Waals surface area contributed by atoms with Gasteiger partial charge in [-0.15, -0.1) is 0 Å². The van der Waals surface area contributed by atoms with Crippen molar-refractivity contribution in [2.75, 3.05) is 22.1 Å². The molecule has 0 bridgehead atoms. The zero-order valence-corrected chi connectivity index (χ0v) is 18.7. The normalized spacial score (nSPS) is 15.4. The zero-order chi connectivity index (χ0) is 23.5. The van der Waals surface area contributed by atoms with E-state index in [9.17, 15) is 9.59 Å². The monoisotopic (exact) mass is 473 g/mol. The number of nitrogens with zero attached hydrogens (tertiary/aromatic N) is 5. The van der Waals surface area contributed by atoms with E-state index >= 15 is 0 Å². The molecule has 10 heteroatoms. The minimum absolute atomic E-state index is 0.0815. The number of rotatable bonds is 6. The van der Waals surface area contributed by atoms with Crippen molar-refractivity contribution in [2.24, 2.45) is 5.92 Å². The van der Waals surface area contributed by atoms with Crippen molar-refractivity contribution in [1.29, 1.82) is 0 Å². The second-order valence-corrected chi connectivity index (χ2v) is 8.24. The van der Waals surface area contributed by atoms with Gasteiger partial charge in [0.15, 0.2) is 0 Å². The van der Waals surface area contributed by atoms with Crippen molar-refractivity contribution >= 4 is 46.3 Å². The van der Waals surface area contributed by atoms with Crippen LogP contribution in [-0.4, -0.2) is 37.9 Å². The van der Waals surface area contributed by atoms with Crippen molar-refractivity contribution in [2.45, 2.75) is 6.42 Å². The lowest BCUT2D eigenvalue weighted by molar-refractivity contribution is -0.122. The molecule has 1 fully saturated rings. The predicted octanol–water partition coefficient (Wildman–Crippen LogP) is 4.05. The molecule has 0 saturated carbocycles.